The number of rotatable bonds is 7. The van der Waals surface area contributed by atoms with Crippen molar-refractivity contribution in [2.75, 3.05) is 13.2 Å². The largest absolute Gasteiger partial charge is 0.508 e. The Hall–Kier alpha value is -1.06. The Morgan fingerprint density at radius 3 is 2.44 bits per heavy atom. The normalized spacial score (nSPS) is 14.7. The van der Waals surface area contributed by atoms with Crippen molar-refractivity contribution in [3.63, 3.8) is 0 Å². The van der Waals surface area contributed by atoms with Gasteiger partial charge in [-0.2, -0.15) is 0 Å². The first kappa shape index (κ1) is 15.0. The molecule has 0 amide bonds. The van der Waals surface area contributed by atoms with E-state index in [1.54, 1.807) is 6.07 Å². The van der Waals surface area contributed by atoms with Gasteiger partial charge in [0.15, 0.2) is 0 Å². The molecule has 1 aromatic rings. The first-order valence-electron chi connectivity index (χ1n) is 6.68. The Balaban J connectivity index is 2.66. The lowest BCUT2D eigenvalue weighted by Crippen LogP contribution is -2.39. The van der Waals surface area contributed by atoms with Crippen LogP contribution >= 0.6 is 0 Å². The number of phenolic OH excluding ortho intramolecular Hbond substituents is 1. The third kappa shape index (κ3) is 4.31. The minimum absolute atomic E-state index is 0.110. The summed E-state index contributed by atoms with van der Waals surface area (Å²) in [7, 11) is 0. The Labute approximate surface area is 110 Å². The van der Waals surface area contributed by atoms with Crippen molar-refractivity contribution < 1.29 is 9.84 Å². The van der Waals surface area contributed by atoms with Crippen LogP contribution < -0.4 is 5.32 Å². The molecule has 0 radical (unpaired) electrons. The quantitative estimate of drug-likeness (QED) is 0.782. The van der Waals surface area contributed by atoms with Gasteiger partial charge >= 0.3 is 0 Å². The lowest BCUT2D eigenvalue weighted by molar-refractivity contribution is 0.104. The summed E-state index contributed by atoms with van der Waals surface area (Å²) in [6.07, 6.45) is 0. The van der Waals surface area contributed by atoms with Gasteiger partial charge in [0, 0.05) is 24.3 Å². The molecule has 0 saturated heterocycles. The molecule has 1 aromatic carbocycles. The van der Waals surface area contributed by atoms with Crippen molar-refractivity contribution in [2.45, 2.75) is 39.8 Å². The van der Waals surface area contributed by atoms with Crippen LogP contribution in [0.1, 0.15) is 39.3 Å². The molecule has 0 fully saturated rings. The summed E-state index contributed by atoms with van der Waals surface area (Å²) in [4.78, 5) is 0. The minimum atomic E-state index is 0.110. The zero-order chi connectivity index (χ0) is 13.5. The molecule has 2 atom stereocenters. The van der Waals surface area contributed by atoms with Crippen molar-refractivity contribution in [3.8, 4) is 5.75 Å². The van der Waals surface area contributed by atoms with E-state index in [1.165, 1.54) is 0 Å². The molecular formula is C15H25NO2. The average molecular weight is 251 g/mol. The van der Waals surface area contributed by atoms with Crippen LogP contribution in [0.3, 0.4) is 0 Å². The molecule has 1 rings (SSSR count). The molecule has 18 heavy (non-hydrogen) atoms. The van der Waals surface area contributed by atoms with Gasteiger partial charge in [-0.15, -0.1) is 0 Å². The molecule has 0 aliphatic carbocycles. The first-order valence-corrected chi connectivity index (χ1v) is 6.68. The molecule has 0 saturated carbocycles. The number of hydrogen-bond donors (Lipinski definition) is 2. The summed E-state index contributed by atoms with van der Waals surface area (Å²) in [6.45, 7) is 9.85. The molecule has 0 aromatic heterocycles. The zero-order valence-corrected chi connectivity index (χ0v) is 11.8. The second-order valence-electron chi connectivity index (χ2n) is 4.96. The maximum atomic E-state index is 9.84. The Morgan fingerprint density at radius 1 is 1.22 bits per heavy atom. The summed E-state index contributed by atoms with van der Waals surface area (Å²) in [6, 6.07) is 7.86. The summed E-state index contributed by atoms with van der Waals surface area (Å²) in [5.41, 5.74) is 0.930. The average Bonchev–Trinajstić information content (AvgIpc) is 2.34. The number of ether oxygens (including phenoxy) is 1. The Kier molecular flexibility index (Phi) is 6.16. The van der Waals surface area contributed by atoms with Crippen molar-refractivity contribution >= 4 is 0 Å². The molecule has 0 aliphatic rings. The van der Waals surface area contributed by atoms with E-state index in [1.807, 2.05) is 25.1 Å². The molecule has 2 unspecified atom stereocenters. The molecule has 2 N–H and O–H groups in total. The zero-order valence-electron chi connectivity index (χ0n) is 11.8. The van der Waals surface area contributed by atoms with Gasteiger partial charge in [0.2, 0.25) is 0 Å². The molecule has 102 valence electrons. The van der Waals surface area contributed by atoms with Gasteiger partial charge in [0.05, 0.1) is 6.61 Å². The van der Waals surface area contributed by atoms with Crippen LogP contribution in [0, 0.1) is 5.92 Å². The van der Waals surface area contributed by atoms with Gasteiger partial charge in [-0.05, 0) is 25.8 Å². The van der Waals surface area contributed by atoms with Gasteiger partial charge < -0.3 is 15.2 Å². The summed E-state index contributed by atoms with van der Waals surface area (Å²) in [5, 5.41) is 13.4. The highest BCUT2D eigenvalue weighted by atomic mass is 16.5. The van der Waals surface area contributed by atoms with E-state index in [0.29, 0.717) is 24.3 Å². The molecular weight excluding hydrogens is 226 g/mol. The second kappa shape index (κ2) is 7.39. The fraction of sp³-hybridized carbons (Fsp3) is 0.600. The number of para-hydroxylation sites is 1. The van der Waals surface area contributed by atoms with Crippen LogP contribution in [0.25, 0.3) is 0 Å². The van der Waals surface area contributed by atoms with Crippen LogP contribution in [-0.2, 0) is 4.74 Å². The third-order valence-electron chi connectivity index (χ3n) is 3.17. The Bertz CT molecular complexity index is 352. The predicted molar refractivity (Wildman–Crippen MR) is 74.8 cm³/mol. The van der Waals surface area contributed by atoms with E-state index in [-0.39, 0.29) is 6.04 Å². The number of phenols is 1. The van der Waals surface area contributed by atoms with E-state index in [2.05, 4.69) is 26.1 Å². The topological polar surface area (TPSA) is 41.5 Å². The maximum Gasteiger partial charge on any atom is 0.120 e. The van der Waals surface area contributed by atoms with Gasteiger partial charge in [-0.1, -0.05) is 32.0 Å². The highest BCUT2D eigenvalue weighted by molar-refractivity contribution is 5.34. The third-order valence-corrected chi connectivity index (χ3v) is 3.17. The van der Waals surface area contributed by atoms with Crippen LogP contribution in [0.2, 0.25) is 0 Å². The lowest BCUT2D eigenvalue weighted by Gasteiger charge is -2.26. The number of benzene rings is 1. The fourth-order valence-corrected chi connectivity index (χ4v) is 1.94. The summed E-state index contributed by atoms with van der Waals surface area (Å²) < 4.78 is 5.50. The van der Waals surface area contributed by atoms with E-state index >= 15 is 0 Å². The second-order valence-corrected chi connectivity index (χ2v) is 4.96. The molecule has 3 heteroatoms. The first-order chi connectivity index (χ1) is 8.56. The highest BCUT2D eigenvalue weighted by Crippen LogP contribution is 2.24. The van der Waals surface area contributed by atoms with E-state index in [9.17, 15) is 5.11 Å². The summed E-state index contributed by atoms with van der Waals surface area (Å²) in [5.74, 6) is 0.835. The molecule has 0 heterocycles. The van der Waals surface area contributed by atoms with Crippen LogP contribution in [0.5, 0.6) is 5.75 Å². The van der Waals surface area contributed by atoms with E-state index in [4.69, 9.17) is 4.74 Å². The lowest BCUT2D eigenvalue weighted by atomic mass is 10.0. The summed E-state index contributed by atoms with van der Waals surface area (Å²) >= 11 is 0. The van der Waals surface area contributed by atoms with Crippen molar-refractivity contribution in [3.05, 3.63) is 29.8 Å². The van der Waals surface area contributed by atoms with E-state index in [0.717, 1.165) is 12.2 Å². The monoisotopic (exact) mass is 251 g/mol. The number of nitrogens with one attached hydrogen (secondary N) is 1. The van der Waals surface area contributed by atoms with Gasteiger partial charge in [-0.3, -0.25) is 0 Å². The van der Waals surface area contributed by atoms with Gasteiger partial charge in [0.1, 0.15) is 5.75 Å². The standard InChI is InChI=1S/C15H25NO2/c1-5-18-10-14(11(2)3)16-12(4)13-8-6-7-9-15(13)17/h6-9,11-12,14,16-17H,5,10H2,1-4H3. The maximum absolute atomic E-state index is 9.84. The smallest absolute Gasteiger partial charge is 0.120 e. The van der Waals surface area contributed by atoms with Crippen LogP contribution in [0.15, 0.2) is 24.3 Å². The molecule has 0 aliphatic heterocycles. The fourth-order valence-electron chi connectivity index (χ4n) is 1.94. The minimum Gasteiger partial charge on any atom is -0.508 e. The van der Waals surface area contributed by atoms with Crippen molar-refractivity contribution in [1.29, 1.82) is 0 Å². The number of hydrogen-bond acceptors (Lipinski definition) is 3. The highest BCUT2D eigenvalue weighted by Gasteiger charge is 2.18. The van der Waals surface area contributed by atoms with Crippen molar-refractivity contribution in [1.82, 2.24) is 5.32 Å². The van der Waals surface area contributed by atoms with Crippen LogP contribution in [-0.4, -0.2) is 24.4 Å². The predicted octanol–water partition coefficient (Wildman–Crippen LogP) is 3.10. The molecule has 3 nitrogen and oxygen atoms in total. The SMILES string of the molecule is CCOCC(NC(C)c1ccccc1O)C(C)C. The van der Waals surface area contributed by atoms with Crippen LogP contribution in [0.4, 0.5) is 0 Å². The molecule has 0 bridgehead atoms. The molecule has 0 spiro atoms. The van der Waals surface area contributed by atoms with Gasteiger partial charge in [0.25, 0.3) is 0 Å². The van der Waals surface area contributed by atoms with Crippen molar-refractivity contribution in [2.24, 2.45) is 5.92 Å². The van der Waals surface area contributed by atoms with E-state index < -0.39 is 0 Å². The Morgan fingerprint density at radius 2 is 1.89 bits per heavy atom. The van der Waals surface area contributed by atoms with Gasteiger partial charge in [-0.25, -0.2) is 0 Å². The number of aromatic hydroxyl groups is 1.